The molecule has 1 aromatic carbocycles. The summed E-state index contributed by atoms with van der Waals surface area (Å²) < 4.78 is 13.0. The van der Waals surface area contributed by atoms with E-state index >= 15 is 0 Å². The molecule has 0 saturated heterocycles. The number of halogens is 1. The molecule has 6 heteroatoms. The van der Waals surface area contributed by atoms with E-state index in [-0.39, 0.29) is 5.69 Å². The highest BCUT2D eigenvalue weighted by Crippen LogP contribution is 2.17. The second-order valence-electron chi connectivity index (χ2n) is 4.35. The maximum atomic E-state index is 13.0. The van der Waals surface area contributed by atoms with Crippen LogP contribution in [0.2, 0.25) is 0 Å². The summed E-state index contributed by atoms with van der Waals surface area (Å²) in [7, 11) is 0. The van der Waals surface area contributed by atoms with Gasteiger partial charge in [0.05, 0.1) is 11.0 Å². The Hall–Kier alpha value is -2.76. The summed E-state index contributed by atoms with van der Waals surface area (Å²) in [6.07, 6.45) is 0. The average molecular weight is 270 g/mol. The molecule has 0 radical (unpaired) electrons. The minimum Gasteiger partial charge on any atom is -0.342 e. The van der Waals surface area contributed by atoms with Gasteiger partial charge in [0.1, 0.15) is 11.5 Å². The molecular formula is C14H11FN4O. The third kappa shape index (κ3) is 2.35. The molecule has 20 heavy (non-hydrogen) atoms. The largest absolute Gasteiger partial charge is 0.342 e. The molecule has 1 amide bonds. The Morgan fingerprint density at radius 2 is 2.10 bits per heavy atom. The molecular weight excluding hydrogens is 259 g/mol. The molecule has 0 saturated carbocycles. The normalized spacial score (nSPS) is 10.7. The van der Waals surface area contributed by atoms with Crippen LogP contribution < -0.4 is 5.32 Å². The van der Waals surface area contributed by atoms with Crippen LogP contribution in [0.4, 0.5) is 10.1 Å². The number of aryl methyl sites for hydroxylation is 1. The number of rotatable bonds is 2. The maximum Gasteiger partial charge on any atom is 0.274 e. The van der Waals surface area contributed by atoms with Crippen LogP contribution >= 0.6 is 0 Å². The van der Waals surface area contributed by atoms with Gasteiger partial charge in [0.2, 0.25) is 5.95 Å². The number of H-pyrrole nitrogens is 1. The van der Waals surface area contributed by atoms with Crippen molar-refractivity contribution in [3.8, 4) is 0 Å². The number of benzene rings is 1. The molecule has 0 aliphatic heterocycles. The van der Waals surface area contributed by atoms with Crippen molar-refractivity contribution in [2.75, 3.05) is 5.32 Å². The molecule has 0 spiro atoms. The molecule has 5 nitrogen and oxygen atoms in total. The second kappa shape index (κ2) is 4.73. The van der Waals surface area contributed by atoms with Crippen LogP contribution in [0.1, 0.15) is 16.3 Å². The van der Waals surface area contributed by atoms with Gasteiger partial charge >= 0.3 is 0 Å². The average Bonchev–Trinajstić information content (AvgIpc) is 2.78. The van der Waals surface area contributed by atoms with E-state index in [1.807, 2.05) is 6.92 Å². The summed E-state index contributed by atoms with van der Waals surface area (Å²) >= 11 is 0. The Morgan fingerprint density at radius 3 is 2.90 bits per heavy atom. The number of pyridine rings is 1. The first-order valence-electron chi connectivity index (χ1n) is 6.02. The Bertz CT molecular complexity index is 797. The van der Waals surface area contributed by atoms with E-state index in [0.717, 1.165) is 16.9 Å². The molecule has 0 atom stereocenters. The highest BCUT2D eigenvalue weighted by Gasteiger charge is 2.09. The lowest BCUT2D eigenvalue weighted by Gasteiger charge is -2.04. The van der Waals surface area contributed by atoms with Crippen LogP contribution in [0, 0.1) is 12.9 Å². The minimum atomic E-state index is -0.683. The van der Waals surface area contributed by atoms with Crippen molar-refractivity contribution in [3.63, 3.8) is 0 Å². The summed E-state index contributed by atoms with van der Waals surface area (Å²) in [5, 5.41) is 2.67. The van der Waals surface area contributed by atoms with E-state index in [1.54, 1.807) is 18.2 Å². The Balaban J connectivity index is 1.87. The van der Waals surface area contributed by atoms with Crippen molar-refractivity contribution < 1.29 is 9.18 Å². The van der Waals surface area contributed by atoms with Gasteiger partial charge in [-0.1, -0.05) is 6.07 Å². The number of carbonyl (C=O) groups excluding carboxylic acids is 1. The molecule has 0 unspecified atom stereocenters. The second-order valence-corrected chi connectivity index (χ2v) is 4.35. The van der Waals surface area contributed by atoms with Crippen LogP contribution in [-0.2, 0) is 0 Å². The zero-order valence-electron chi connectivity index (χ0n) is 10.6. The number of amides is 1. The SMILES string of the molecule is Cc1nc2ccc(NC(=O)c3cccc(F)n3)cc2[nH]1. The van der Waals surface area contributed by atoms with Gasteiger partial charge in [-0.2, -0.15) is 4.39 Å². The molecule has 2 heterocycles. The van der Waals surface area contributed by atoms with Crippen molar-refractivity contribution in [1.82, 2.24) is 15.0 Å². The molecule has 0 aliphatic rings. The zero-order chi connectivity index (χ0) is 14.1. The number of nitrogens with zero attached hydrogens (tertiary/aromatic N) is 2. The van der Waals surface area contributed by atoms with Gasteiger partial charge in [0.25, 0.3) is 5.91 Å². The number of carbonyl (C=O) groups is 1. The summed E-state index contributed by atoms with van der Waals surface area (Å²) in [4.78, 5) is 22.8. The van der Waals surface area contributed by atoms with Gasteiger partial charge < -0.3 is 10.3 Å². The molecule has 0 bridgehead atoms. The first-order valence-corrected chi connectivity index (χ1v) is 6.02. The predicted octanol–water partition coefficient (Wildman–Crippen LogP) is 2.66. The third-order valence-electron chi connectivity index (χ3n) is 2.81. The standard InChI is InChI=1S/C14H11FN4O/c1-8-16-10-6-5-9(7-12(10)17-8)18-14(20)11-3-2-4-13(15)19-11/h2-7H,1H3,(H,16,17)(H,18,20). The van der Waals surface area contributed by atoms with Crippen LogP contribution in [0.3, 0.4) is 0 Å². The number of aromatic nitrogens is 3. The zero-order valence-corrected chi connectivity index (χ0v) is 10.6. The number of anilines is 1. The van der Waals surface area contributed by atoms with Crippen molar-refractivity contribution in [1.29, 1.82) is 0 Å². The van der Waals surface area contributed by atoms with Gasteiger partial charge in [0, 0.05) is 5.69 Å². The summed E-state index contributed by atoms with van der Waals surface area (Å²) in [6.45, 7) is 1.86. The third-order valence-corrected chi connectivity index (χ3v) is 2.81. The smallest absolute Gasteiger partial charge is 0.274 e. The molecule has 0 fully saturated rings. The lowest BCUT2D eigenvalue weighted by atomic mass is 10.2. The van der Waals surface area contributed by atoms with Gasteiger partial charge in [-0.15, -0.1) is 0 Å². The van der Waals surface area contributed by atoms with Crippen LogP contribution in [0.25, 0.3) is 11.0 Å². The van der Waals surface area contributed by atoms with Crippen LogP contribution in [0.15, 0.2) is 36.4 Å². The topological polar surface area (TPSA) is 70.7 Å². The molecule has 3 aromatic rings. The molecule has 2 aromatic heterocycles. The van der Waals surface area contributed by atoms with Crippen molar-refractivity contribution in [2.24, 2.45) is 0 Å². The number of nitrogens with one attached hydrogen (secondary N) is 2. The number of aromatic amines is 1. The number of hydrogen-bond donors (Lipinski definition) is 2. The lowest BCUT2D eigenvalue weighted by molar-refractivity contribution is 0.102. The lowest BCUT2D eigenvalue weighted by Crippen LogP contribution is -2.14. The van der Waals surface area contributed by atoms with Gasteiger partial charge in [-0.3, -0.25) is 4.79 Å². The Morgan fingerprint density at radius 1 is 1.25 bits per heavy atom. The molecule has 2 N–H and O–H groups in total. The minimum absolute atomic E-state index is 0.0332. The van der Waals surface area contributed by atoms with Crippen molar-refractivity contribution >= 4 is 22.6 Å². The highest BCUT2D eigenvalue weighted by molar-refractivity contribution is 6.03. The fourth-order valence-electron chi connectivity index (χ4n) is 1.94. The summed E-state index contributed by atoms with van der Waals surface area (Å²) in [6, 6.07) is 9.39. The van der Waals surface area contributed by atoms with E-state index in [0.29, 0.717) is 5.69 Å². The van der Waals surface area contributed by atoms with E-state index in [2.05, 4.69) is 20.3 Å². The number of hydrogen-bond acceptors (Lipinski definition) is 3. The van der Waals surface area contributed by atoms with E-state index in [9.17, 15) is 9.18 Å². The van der Waals surface area contributed by atoms with Crippen molar-refractivity contribution in [2.45, 2.75) is 6.92 Å². The van der Waals surface area contributed by atoms with Gasteiger partial charge in [-0.05, 0) is 37.3 Å². The van der Waals surface area contributed by atoms with E-state index < -0.39 is 11.9 Å². The van der Waals surface area contributed by atoms with Gasteiger partial charge in [0.15, 0.2) is 0 Å². The van der Waals surface area contributed by atoms with Crippen molar-refractivity contribution in [3.05, 3.63) is 53.9 Å². The predicted molar refractivity (Wildman–Crippen MR) is 73.0 cm³/mol. The monoisotopic (exact) mass is 270 g/mol. The summed E-state index contributed by atoms with van der Waals surface area (Å²) in [5.74, 6) is -0.340. The Kier molecular flexibility index (Phi) is 2.90. The first kappa shape index (κ1) is 12.3. The van der Waals surface area contributed by atoms with E-state index in [1.165, 1.54) is 18.2 Å². The highest BCUT2D eigenvalue weighted by atomic mass is 19.1. The quantitative estimate of drug-likeness (QED) is 0.703. The summed E-state index contributed by atoms with van der Waals surface area (Å²) in [5.41, 5.74) is 2.28. The van der Waals surface area contributed by atoms with Crippen LogP contribution in [-0.4, -0.2) is 20.9 Å². The van der Waals surface area contributed by atoms with Gasteiger partial charge in [-0.25, -0.2) is 9.97 Å². The Labute approximate surface area is 113 Å². The van der Waals surface area contributed by atoms with Crippen LogP contribution in [0.5, 0.6) is 0 Å². The fourth-order valence-corrected chi connectivity index (χ4v) is 1.94. The number of fused-ring (bicyclic) bond motifs is 1. The van der Waals surface area contributed by atoms with E-state index in [4.69, 9.17) is 0 Å². The maximum absolute atomic E-state index is 13.0. The fraction of sp³-hybridized carbons (Fsp3) is 0.0714. The first-order chi connectivity index (χ1) is 9.61. The molecule has 3 rings (SSSR count). The number of imidazole rings is 1. The molecule has 100 valence electrons. The molecule has 0 aliphatic carbocycles.